The maximum Gasteiger partial charge on any atom is 0.138 e. The fourth-order valence-corrected chi connectivity index (χ4v) is 10.8. The van der Waals surface area contributed by atoms with Gasteiger partial charge in [0.2, 0.25) is 0 Å². The topological polar surface area (TPSA) is 24.3 Å². The Labute approximate surface area is 316 Å². The minimum atomic E-state index is -2.15. The molecule has 1 aliphatic rings. The molecule has 2 aromatic heterocycles. The van der Waals surface area contributed by atoms with Crippen LogP contribution in [0, 0.1) is 0 Å². The number of fused-ring (bicyclic) bond motifs is 4. The summed E-state index contributed by atoms with van der Waals surface area (Å²) in [6.07, 6.45) is 2.00. The Bertz CT molecular complexity index is 2450. The third-order valence-corrected chi connectivity index (χ3v) is 15.0. The van der Waals surface area contributed by atoms with E-state index in [4.69, 9.17) is 4.98 Å². The van der Waals surface area contributed by atoms with E-state index < -0.39 is 8.07 Å². The third kappa shape index (κ3) is 5.96. The molecule has 0 fully saturated rings. The zero-order valence-electron chi connectivity index (χ0n) is 32.8. The van der Waals surface area contributed by atoms with Crippen molar-refractivity contribution in [2.75, 3.05) is 16.5 Å². The number of benzene rings is 5. The molecule has 0 atom stereocenters. The second-order valence-electron chi connectivity index (χ2n) is 16.9. The molecule has 7 aromatic rings. The molecule has 268 valence electrons. The zero-order valence-corrected chi connectivity index (χ0v) is 33.8. The molecule has 0 saturated carbocycles. The van der Waals surface area contributed by atoms with Gasteiger partial charge in [-0.1, -0.05) is 124 Å². The molecule has 0 N–H and O–H groups in total. The highest BCUT2D eigenvalue weighted by Crippen LogP contribution is 2.43. The number of nitrogens with zero attached hydrogens (tertiary/aromatic N) is 4. The fraction of sp³-hybridized carbons (Fsp3) is 0.271. The van der Waals surface area contributed by atoms with Crippen LogP contribution in [0.4, 0.5) is 17.1 Å². The highest BCUT2D eigenvalue weighted by molar-refractivity contribution is 7.00. The molecule has 53 heavy (non-hydrogen) atoms. The van der Waals surface area contributed by atoms with E-state index >= 15 is 0 Å². The first-order valence-electron chi connectivity index (χ1n) is 19.2. The van der Waals surface area contributed by atoms with Crippen molar-refractivity contribution in [1.29, 1.82) is 0 Å². The van der Waals surface area contributed by atoms with Crippen molar-refractivity contribution in [1.82, 2.24) is 9.55 Å². The van der Waals surface area contributed by atoms with Gasteiger partial charge in [0.05, 0.1) is 29.1 Å². The molecule has 0 aliphatic carbocycles. The van der Waals surface area contributed by atoms with E-state index in [1.807, 2.05) is 6.20 Å². The van der Waals surface area contributed by atoms with Gasteiger partial charge in [-0.25, -0.2) is 4.98 Å². The molecule has 0 unspecified atom stereocenters. The standard InChI is InChI=1S/C48H52N4Si/c1-32(2)38-19-15-20-39(33(3)4)47(38)34-26-27-49-46(28-34)52-42-21-11-10-18-40(42)41-25-24-37(30-45(41)52)53(8,9)36-17-14-16-35(29-36)50-31-51(48(5,6)7)44-23-13-12-22-43(44)50/h10-30,32-33H,31H2,1-9H3. The molecule has 8 rings (SSSR count). The highest BCUT2D eigenvalue weighted by Gasteiger charge is 2.34. The molecule has 0 bridgehead atoms. The van der Waals surface area contributed by atoms with Gasteiger partial charge in [-0.05, 0) is 103 Å². The molecule has 4 nitrogen and oxygen atoms in total. The van der Waals surface area contributed by atoms with Crippen LogP contribution in [-0.2, 0) is 0 Å². The number of pyridine rings is 1. The predicted molar refractivity (Wildman–Crippen MR) is 231 cm³/mol. The van der Waals surface area contributed by atoms with E-state index in [9.17, 15) is 0 Å². The van der Waals surface area contributed by atoms with Crippen LogP contribution in [0.25, 0.3) is 38.8 Å². The van der Waals surface area contributed by atoms with E-state index in [1.54, 1.807) is 0 Å². The maximum atomic E-state index is 5.07. The summed E-state index contributed by atoms with van der Waals surface area (Å²) in [4.78, 5) is 10.1. The molecule has 0 saturated heterocycles. The van der Waals surface area contributed by atoms with Gasteiger partial charge in [0.25, 0.3) is 0 Å². The highest BCUT2D eigenvalue weighted by atomic mass is 28.3. The number of aromatic nitrogens is 2. The Morgan fingerprint density at radius 3 is 1.98 bits per heavy atom. The van der Waals surface area contributed by atoms with Gasteiger partial charge in [0, 0.05) is 28.2 Å². The number of para-hydroxylation sites is 3. The van der Waals surface area contributed by atoms with Gasteiger partial charge in [-0.15, -0.1) is 0 Å². The summed E-state index contributed by atoms with van der Waals surface area (Å²) in [6.45, 7) is 21.9. The normalized spacial score (nSPS) is 13.6. The second kappa shape index (κ2) is 13.1. The lowest BCUT2D eigenvalue weighted by molar-refractivity contribution is 0.518. The summed E-state index contributed by atoms with van der Waals surface area (Å²) in [7, 11) is -2.15. The molecule has 1 aliphatic heterocycles. The fourth-order valence-electron chi connectivity index (χ4n) is 8.42. The summed E-state index contributed by atoms with van der Waals surface area (Å²) < 4.78 is 2.40. The van der Waals surface area contributed by atoms with Crippen LogP contribution in [0.2, 0.25) is 13.1 Å². The van der Waals surface area contributed by atoms with Crippen LogP contribution >= 0.6 is 0 Å². The number of hydrogen-bond donors (Lipinski definition) is 0. The monoisotopic (exact) mass is 712 g/mol. The van der Waals surface area contributed by atoms with Gasteiger partial charge in [-0.2, -0.15) is 0 Å². The van der Waals surface area contributed by atoms with Crippen LogP contribution in [0.1, 0.15) is 71.4 Å². The van der Waals surface area contributed by atoms with Crippen molar-refractivity contribution in [2.24, 2.45) is 0 Å². The van der Waals surface area contributed by atoms with E-state index in [2.05, 4.69) is 197 Å². The molecule has 5 heteroatoms. The van der Waals surface area contributed by atoms with E-state index in [1.165, 1.54) is 71.5 Å². The van der Waals surface area contributed by atoms with Crippen molar-refractivity contribution >= 4 is 57.3 Å². The lowest BCUT2D eigenvalue weighted by Crippen LogP contribution is -2.53. The predicted octanol–water partition coefficient (Wildman–Crippen LogP) is 11.6. The minimum absolute atomic E-state index is 0.0211. The van der Waals surface area contributed by atoms with Crippen LogP contribution in [0.3, 0.4) is 0 Å². The molecule has 3 heterocycles. The van der Waals surface area contributed by atoms with E-state index in [-0.39, 0.29) is 5.54 Å². The molecule has 0 radical (unpaired) electrons. The Morgan fingerprint density at radius 2 is 1.26 bits per heavy atom. The summed E-state index contributed by atoms with van der Waals surface area (Å²) >= 11 is 0. The summed E-state index contributed by atoms with van der Waals surface area (Å²) in [6, 6.07) is 45.5. The largest absolute Gasteiger partial charge is 0.347 e. The van der Waals surface area contributed by atoms with Crippen LogP contribution < -0.4 is 20.2 Å². The van der Waals surface area contributed by atoms with Gasteiger partial charge in [0.15, 0.2) is 0 Å². The average Bonchev–Trinajstić information content (AvgIpc) is 3.71. The van der Waals surface area contributed by atoms with Gasteiger partial charge < -0.3 is 9.80 Å². The lowest BCUT2D eigenvalue weighted by Gasteiger charge is -2.34. The van der Waals surface area contributed by atoms with Crippen LogP contribution in [0.15, 0.2) is 128 Å². The number of rotatable bonds is 7. The minimum Gasteiger partial charge on any atom is -0.347 e. The summed E-state index contributed by atoms with van der Waals surface area (Å²) in [5.41, 5.74) is 11.6. The second-order valence-corrected chi connectivity index (χ2v) is 21.3. The quantitative estimate of drug-likeness (QED) is 0.154. The molecule has 0 amide bonds. The van der Waals surface area contributed by atoms with Crippen molar-refractivity contribution < 1.29 is 0 Å². The summed E-state index contributed by atoms with van der Waals surface area (Å²) in [5, 5.41) is 5.35. The van der Waals surface area contributed by atoms with Crippen molar-refractivity contribution in [3.63, 3.8) is 0 Å². The Kier molecular flexibility index (Phi) is 8.61. The van der Waals surface area contributed by atoms with Crippen LogP contribution in [-0.4, -0.2) is 29.8 Å². The lowest BCUT2D eigenvalue weighted by atomic mass is 9.85. The SMILES string of the molecule is CC(C)c1cccc(C(C)C)c1-c1ccnc(-n2c3ccccc3c3ccc([Si](C)(C)c4cccc(N5CN(C(C)(C)C)c6ccccc65)c4)cc32)c1. The van der Waals surface area contributed by atoms with Gasteiger partial charge in [-0.3, -0.25) is 4.57 Å². The Morgan fingerprint density at radius 1 is 0.623 bits per heavy atom. The average molecular weight is 713 g/mol. The first-order chi connectivity index (χ1) is 25.3. The molecular weight excluding hydrogens is 661 g/mol. The van der Waals surface area contributed by atoms with E-state index in [0.717, 1.165) is 12.5 Å². The number of anilines is 3. The Hall–Kier alpha value is -5.13. The molecule has 5 aromatic carbocycles. The zero-order chi connectivity index (χ0) is 37.2. The first-order valence-corrected chi connectivity index (χ1v) is 22.2. The first kappa shape index (κ1) is 34.9. The maximum absolute atomic E-state index is 5.07. The molecule has 0 spiro atoms. The number of hydrogen-bond acceptors (Lipinski definition) is 3. The van der Waals surface area contributed by atoms with Crippen molar-refractivity contribution in [2.45, 2.75) is 78.9 Å². The smallest absolute Gasteiger partial charge is 0.138 e. The van der Waals surface area contributed by atoms with Crippen LogP contribution in [0.5, 0.6) is 0 Å². The van der Waals surface area contributed by atoms with Gasteiger partial charge in [0.1, 0.15) is 13.9 Å². The van der Waals surface area contributed by atoms with Crippen molar-refractivity contribution in [3.8, 4) is 16.9 Å². The van der Waals surface area contributed by atoms with Gasteiger partial charge >= 0.3 is 0 Å². The third-order valence-electron chi connectivity index (χ3n) is 11.5. The Balaban J connectivity index is 1.25. The van der Waals surface area contributed by atoms with E-state index in [0.29, 0.717) is 11.8 Å². The summed E-state index contributed by atoms with van der Waals surface area (Å²) in [5.74, 6) is 1.79. The molecular formula is C48H52N4Si. The van der Waals surface area contributed by atoms with Crippen molar-refractivity contribution in [3.05, 3.63) is 139 Å².